The van der Waals surface area contributed by atoms with Gasteiger partial charge in [0.25, 0.3) is 0 Å². The summed E-state index contributed by atoms with van der Waals surface area (Å²) in [7, 11) is 0. The van der Waals surface area contributed by atoms with Crippen LogP contribution in [0.3, 0.4) is 0 Å². The zero-order valence-corrected chi connectivity index (χ0v) is 4.98. The molecule has 0 radical (unpaired) electrons. The van der Waals surface area contributed by atoms with Crippen LogP contribution < -0.4 is 0 Å². The van der Waals surface area contributed by atoms with Crippen molar-refractivity contribution in [1.29, 1.82) is 0 Å². The smallest absolute Gasteiger partial charge is 0.137 e. The molecule has 4 heteroatoms. The second-order valence-corrected chi connectivity index (χ2v) is 1.64. The summed E-state index contributed by atoms with van der Waals surface area (Å²) >= 11 is 4.59. The molecule has 0 saturated carbocycles. The minimum Gasteiger partial charge on any atom is -0.263 e. The standard InChI is InChI=1S/C4H5N3S/c8-2-1-4-5-3-6-7-4/h2-3H,1H2,(H,5,6,7). The summed E-state index contributed by atoms with van der Waals surface area (Å²) in [5.74, 6) is 0.819. The van der Waals surface area contributed by atoms with Gasteiger partial charge >= 0.3 is 0 Å². The van der Waals surface area contributed by atoms with Crippen molar-refractivity contribution in [3.63, 3.8) is 0 Å². The molecule has 0 aliphatic rings. The van der Waals surface area contributed by atoms with Crippen LogP contribution in [-0.2, 0) is 6.42 Å². The lowest BCUT2D eigenvalue weighted by Gasteiger charge is -1.79. The number of hydrogen-bond donors (Lipinski definition) is 1. The molecule has 0 spiro atoms. The lowest BCUT2D eigenvalue weighted by atomic mass is 10.5. The van der Waals surface area contributed by atoms with Gasteiger partial charge in [0.1, 0.15) is 12.2 Å². The quantitative estimate of drug-likeness (QED) is 0.583. The molecule has 0 atom stereocenters. The van der Waals surface area contributed by atoms with E-state index >= 15 is 0 Å². The summed E-state index contributed by atoms with van der Waals surface area (Å²) in [5.41, 5.74) is 0. The molecular weight excluding hydrogens is 122 g/mol. The third kappa shape index (κ3) is 1.10. The molecule has 1 N–H and O–H groups in total. The molecule has 0 aliphatic heterocycles. The Morgan fingerprint density at radius 2 is 2.75 bits per heavy atom. The molecule has 0 bridgehead atoms. The van der Waals surface area contributed by atoms with Crippen LogP contribution in [0.4, 0.5) is 0 Å². The van der Waals surface area contributed by atoms with Gasteiger partial charge in [-0.25, -0.2) is 4.98 Å². The highest BCUT2D eigenvalue weighted by Crippen LogP contribution is 1.82. The van der Waals surface area contributed by atoms with E-state index in [1.165, 1.54) is 6.33 Å². The topological polar surface area (TPSA) is 41.6 Å². The van der Waals surface area contributed by atoms with E-state index < -0.39 is 0 Å². The van der Waals surface area contributed by atoms with Crippen LogP contribution in [0.25, 0.3) is 0 Å². The first-order chi connectivity index (χ1) is 3.93. The van der Waals surface area contributed by atoms with E-state index in [2.05, 4.69) is 27.4 Å². The van der Waals surface area contributed by atoms with Crippen LogP contribution in [-0.4, -0.2) is 20.5 Å². The predicted octanol–water partition coefficient (Wildman–Crippen LogP) is 0.347. The van der Waals surface area contributed by atoms with Gasteiger partial charge in [0.05, 0.1) is 0 Å². The van der Waals surface area contributed by atoms with Gasteiger partial charge in [-0.3, -0.25) is 5.10 Å². The van der Waals surface area contributed by atoms with Crippen molar-refractivity contribution < 1.29 is 0 Å². The molecule has 1 rings (SSSR count). The van der Waals surface area contributed by atoms with E-state index in [9.17, 15) is 0 Å². The molecule has 0 aliphatic carbocycles. The predicted molar refractivity (Wildman–Crippen MR) is 33.7 cm³/mol. The lowest BCUT2D eigenvalue weighted by Crippen LogP contribution is -1.85. The molecule has 0 fully saturated rings. The molecule has 0 unspecified atom stereocenters. The van der Waals surface area contributed by atoms with Crippen molar-refractivity contribution in [2.45, 2.75) is 6.42 Å². The van der Waals surface area contributed by atoms with E-state index in [-0.39, 0.29) is 0 Å². The summed E-state index contributed by atoms with van der Waals surface area (Å²) in [5, 5.41) is 7.93. The van der Waals surface area contributed by atoms with Crippen LogP contribution in [0.15, 0.2) is 6.33 Å². The summed E-state index contributed by atoms with van der Waals surface area (Å²) in [6.45, 7) is 0. The molecule has 3 nitrogen and oxygen atoms in total. The Kier molecular flexibility index (Phi) is 1.69. The number of H-pyrrole nitrogens is 1. The minimum absolute atomic E-state index is 0.690. The number of hydrogen-bond acceptors (Lipinski definition) is 3. The first kappa shape index (κ1) is 5.37. The summed E-state index contributed by atoms with van der Waals surface area (Å²) in [4.78, 5) is 3.84. The number of aromatic amines is 1. The van der Waals surface area contributed by atoms with Crippen LogP contribution in [0.1, 0.15) is 5.82 Å². The Bertz CT molecular complexity index is 158. The van der Waals surface area contributed by atoms with Gasteiger partial charge in [0.2, 0.25) is 0 Å². The van der Waals surface area contributed by atoms with Gasteiger partial charge < -0.3 is 0 Å². The van der Waals surface area contributed by atoms with E-state index in [1.54, 1.807) is 5.37 Å². The van der Waals surface area contributed by atoms with Crippen molar-refractivity contribution in [2.24, 2.45) is 0 Å². The normalized spacial score (nSPS) is 9.00. The van der Waals surface area contributed by atoms with Gasteiger partial charge in [-0.05, 0) is 5.37 Å². The van der Waals surface area contributed by atoms with Crippen molar-refractivity contribution >= 4 is 17.6 Å². The van der Waals surface area contributed by atoms with Gasteiger partial charge in [-0.2, -0.15) is 5.10 Å². The average Bonchev–Trinajstić information content (AvgIpc) is 2.19. The van der Waals surface area contributed by atoms with E-state index in [1.807, 2.05) is 0 Å². The van der Waals surface area contributed by atoms with Gasteiger partial charge in [-0.1, -0.05) is 12.2 Å². The van der Waals surface area contributed by atoms with Crippen molar-refractivity contribution in [3.8, 4) is 0 Å². The number of aromatic nitrogens is 3. The molecular formula is C4H5N3S. The molecule has 1 aromatic rings. The van der Waals surface area contributed by atoms with E-state index in [4.69, 9.17) is 0 Å². The molecule has 8 heavy (non-hydrogen) atoms. The zero-order chi connectivity index (χ0) is 5.82. The third-order valence-corrected chi connectivity index (χ3v) is 0.908. The Labute approximate surface area is 52.1 Å². The highest BCUT2D eigenvalue weighted by Gasteiger charge is 1.87. The molecule has 1 heterocycles. The fourth-order valence-corrected chi connectivity index (χ4v) is 0.566. The maximum atomic E-state index is 4.59. The van der Waals surface area contributed by atoms with Gasteiger partial charge in [-0.15, -0.1) is 0 Å². The highest BCUT2D eigenvalue weighted by molar-refractivity contribution is 7.78. The number of nitrogens with one attached hydrogen (secondary N) is 1. The Hall–Kier alpha value is -0.770. The third-order valence-electron chi connectivity index (χ3n) is 0.742. The van der Waals surface area contributed by atoms with Gasteiger partial charge in [0, 0.05) is 6.42 Å². The Morgan fingerprint density at radius 3 is 3.25 bits per heavy atom. The lowest BCUT2D eigenvalue weighted by molar-refractivity contribution is 1.02. The first-order valence-corrected chi connectivity index (χ1v) is 2.68. The number of nitrogens with zero attached hydrogens (tertiary/aromatic N) is 2. The van der Waals surface area contributed by atoms with Crippen LogP contribution >= 0.6 is 12.2 Å². The molecule has 42 valence electrons. The van der Waals surface area contributed by atoms with E-state index in [0.29, 0.717) is 6.42 Å². The number of rotatable bonds is 2. The van der Waals surface area contributed by atoms with Crippen molar-refractivity contribution in [2.75, 3.05) is 0 Å². The average molecular weight is 127 g/mol. The maximum Gasteiger partial charge on any atom is 0.137 e. The van der Waals surface area contributed by atoms with E-state index in [0.717, 1.165) is 5.82 Å². The minimum atomic E-state index is 0.690. The van der Waals surface area contributed by atoms with Crippen molar-refractivity contribution in [3.05, 3.63) is 12.2 Å². The summed E-state index contributed by atoms with van der Waals surface area (Å²) in [6.07, 6.45) is 2.16. The fraction of sp³-hybridized carbons (Fsp3) is 0.250. The van der Waals surface area contributed by atoms with Crippen LogP contribution in [0.5, 0.6) is 0 Å². The van der Waals surface area contributed by atoms with Crippen molar-refractivity contribution in [1.82, 2.24) is 15.2 Å². The highest BCUT2D eigenvalue weighted by atomic mass is 32.1. The Balaban J connectivity index is 2.62. The summed E-state index contributed by atoms with van der Waals surface area (Å²) in [6, 6.07) is 0. The second kappa shape index (κ2) is 2.52. The summed E-state index contributed by atoms with van der Waals surface area (Å²) < 4.78 is 0. The first-order valence-electron chi connectivity index (χ1n) is 2.21. The molecule has 0 saturated heterocycles. The molecule has 0 aromatic carbocycles. The maximum absolute atomic E-state index is 4.59. The molecule has 0 amide bonds. The van der Waals surface area contributed by atoms with Crippen LogP contribution in [0.2, 0.25) is 0 Å². The second-order valence-electron chi connectivity index (χ2n) is 1.30. The Morgan fingerprint density at radius 1 is 1.88 bits per heavy atom. The van der Waals surface area contributed by atoms with Crippen LogP contribution in [0, 0.1) is 0 Å². The SMILES string of the molecule is S=CCc1ncn[nH]1. The number of thiocarbonyl (C=S) groups is 1. The largest absolute Gasteiger partial charge is 0.263 e. The monoisotopic (exact) mass is 127 g/mol. The fourth-order valence-electron chi connectivity index (χ4n) is 0.408. The van der Waals surface area contributed by atoms with Gasteiger partial charge in [0.15, 0.2) is 0 Å². The molecule has 1 aromatic heterocycles. The zero-order valence-electron chi connectivity index (χ0n) is 4.16.